The molecule has 0 aliphatic heterocycles. The van der Waals surface area contributed by atoms with Crippen LogP contribution in [0, 0.1) is 10.7 Å². The molecular weight excluding hydrogens is 215 g/mol. The van der Waals surface area contributed by atoms with E-state index in [0.29, 0.717) is 4.47 Å². The molecule has 0 aliphatic carbocycles. The zero-order chi connectivity index (χ0) is 8.43. The summed E-state index contributed by atoms with van der Waals surface area (Å²) in [7, 11) is 0. The molecule has 1 aromatic carbocycles. The predicted molar refractivity (Wildman–Crippen MR) is 44.0 cm³/mol. The minimum absolute atomic E-state index is 0.0862. The summed E-state index contributed by atoms with van der Waals surface area (Å²) < 4.78 is 13.1. The average Bonchev–Trinajstić information content (AvgIpc) is 1.96. The van der Waals surface area contributed by atoms with Crippen LogP contribution in [0.25, 0.3) is 0 Å². The van der Waals surface area contributed by atoms with Crippen molar-refractivity contribution in [1.82, 2.24) is 0 Å². The Labute approximate surface area is 70.5 Å². The monoisotopic (exact) mass is 218 g/mol. The highest BCUT2D eigenvalue weighted by molar-refractivity contribution is 9.10. The van der Waals surface area contributed by atoms with Crippen LogP contribution in [-0.4, -0.2) is 0 Å². The van der Waals surface area contributed by atoms with Gasteiger partial charge < -0.3 is 5.73 Å². The van der Waals surface area contributed by atoms with E-state index in [4.69, 9.17) is 5.73 Å². The highest BCUT2D eigenvalue weighted by Crippen LogP contribution is 2.28. The van der Waals surface area contributed by atoms with E-state index < -0.39 is 5.82 Å². The van der Waals surface area contributed by atoms with Crippen molar-refractivity contribution < 1.29 is 4.39 Å². The normalized spacial score (nSPS) is 9.64. The van der Waals surface area contributed by atoms with E-state index in [9.17, 15) is 9.30 Å². The lowest BCUT2D eigenvalue weighted by atomic mass is 10.3. The lowest BCUT2D eigenvalue weighted by molar-refractivity contribution is 0.632. The first-order valence-electron chi connectivity index (χ1n) is 2.73. The molecule has 0 aliphatic rings. The number of rotatable bonds is 1. The van der Waals surface area contributed by atoms with Crippen molar-refractivity contribution in [2.24, 2.45) is 5.18 Å². The Hall–Kier alpha value is -0.970. The number of nitrogen functional groups attached to an aromatic ring is 1. The number of anilines is 1. The molecule has 3 nitrogen and oxygen atoms in total. The second-order valence-corrected chi connectivity index (χ2v) is 2.83. The van der Waals surface area contributed by atoms with Crippen molar-refractivity contribution in [2.75, 3.05) is 5.73 Å². The SMILES string of the molecule is Nc1c(F)cc(Br)cc1N=O. The van der Waals surface area contributed by atoms with Crippen LogP contribution in [0.15, 0.2) is 21.8 Å². The van der Waals surface area contributed by atoms with Gasteiger partial charge in [-0.2, -0.15) is 0 Å². The molecule has 0 saturated heterocycles. The van der Waals surface area contributed by atoms with E-state index in [0.717, 1.165) is 0 Å². The van der Waals surface area contributed by atoms with Gasteiger partial charge in [-0.05, 0) is 17.3 Å². The number of nitrogens with two attached hydrogens (primary N) is 1. The van der Waals surface area contributed by atoms with Crippen molar-refractivity contribution in [3.63, 3.8) is 0 Å². The Morgan fingerprint density at radius 3 is 2.73 bits per heavy atom. The van der Waals surface area contributed by atoms with Crippen LogP contribution in [0.2, 0.25) is 0 Å². The number of benzene rings is 1. The van der Waals surface area contributed by atoms with Crippen LogP contribution in [0.1, 0.15) is 0 Å². The summed E-state index contributed by atoms with van der Waals surface area (Å²) in [6.07, 6.45) is 0. The average molecular weight is 219 g/mol. The quantitative estimate of drug-likeness (QED) is 0.582. The summed E-state index contributed by atoms with van der Waals surface area (Å²) in [5, 5.41) is 2.55. The summed E-state index contributed by atoms with van der Waals surface area (Å²) in [4.78, 5) is 10.0. The van der Waals surface area contributed by atoms with Gasteiger partial charge in [0.25, 0.3) is 0 Å². The highest BCUT2D eigenvalue weighted by atomic mass is 79.9. The van der Waals surface area contributed by atoms with E-state index in [1.165, 1.54) is 12.1 Å². The fourth-order valence-corrected chi connectivity index (χ4v) is 1.06. The van der Waals surface area contributed by atoms with Crippen LogP contribution in [-0.2, 0) is 0 Å². The predicted octanol–water partition coefficient (Wildman–Crippen LogP) is 2.57. The van der Waals surface area contributed by atoms with Gasteiger partial charge in [0.05, 0.1) is 5.69 Å². The Morgan fingerprint density at radius 1 is 1.55 bits per heavy atom. The minimum Gasteiger partial charge on any atom is -0.394 e. The summed E-state index contributed by atoms with van der Waals surface area (Å²) in [6, 6.07) is 2.52. The number of halogens is 2. The van der Waals surface area contributed by atoms with Crippen LogP contribution in [0.3, 0.4) is 0 Å². The zero-order valence-electron chi connectivity index (χ0n) is 5.34. The van der Waals surface area contributed by atoms with Gasteiger partial charge >= 0.3 is 0 Å². The van der Waals surface area contributed by atoms with Crippen molar-refractivity contribution >= 4 is 27.3 Å². The van der Waals surface area contributed by atoms with Gasteiger partial charge in [-0.1, -0.05) is 15.9 Å². The van der Waals surface area contributed by atoms with Crippen molar-refractivity contribution in [2.45, 2.75) is 0 Å². The Balaban J connectivity index is 3.35. The van der Waals surface area contributed by atoms with Gasteiger partial charge in [0.15, 0.2) is 0 Å². The van der Waals surface area contributed by atoms with Crippen LogP contribution in [0.5, 0.6) is 0 Å². The standard InChI is InChI=1S/C6H4BrFN2O/c7-3-1-4(8)6(9)5(2-3)10-11/h1-2H,9H2. The first-order valence-corrected chi connectivity index (χ1v) is 3.52. The number of hydrogen-bond donors (Lipinski definition) is 1. The molecular formula is C6H4BrFN2O. The maximum absolute atomic E-state index is 12.7. The molecule has 1 aromatic rings. The van der Waals surface area contributed by atoms with E-state index in [1.807, 2.05) is 0 Å². The molecule has 0 spiro atoms. The van der Waals surface area contributed by atoms with E-state index in [-0.39, 0.29) is 11.4 Å². The molecule has 11 heavy (non-hydrogen) atoms. The molecule has 2 N–H and O–H groups in total. The molecule has 0 saturated carbocycles. The zero-order valence-corrected chi connectivity index (χ0v) is 6.93. The first kappa shape index (κ1) is 8.13. The fraction of sp³-hybridized carbons (Fsp3) is 0. The van der Waals surface area contributed by atoms with Gasteiger partial charge in [-0.15, -0.1) is 4.91 Å². The van der Waals surface area contributed by atoms with Gasteiger partial charge in [-0.3, -0.25) is 0 Å². The summed E-state index contributed by atoms with van der Waals surface area (Å²) in [5.41, 5.74) is 4.87. The molecule has 0 bridgehead atoms. The minimum atomic E-state index is -0.644. The third kappa shape index (κ3) is 1.54. The largest absolute Gasteiger partial charge is 0.394 e. The molecule has 1 rings (SSSR count). The molecule has 0 unspecified atom stereocenters. The third-order valence-corrected chi connectivity index (χ3v) is 1.63. The van der Waals surface area contributed by atoms with Crippen LogP contribution >= 0.6 is 15.9 Å². The molecule has 0 radical (unpaired) electrons. The Kier molecular flexibility index (Phi) is 2.19. The van der Waals surface area contributed by atoms with Crippen molar-refractivity contribution in [3.8, 4) is 0 Å². The third-order valence-electron chi connectivity index (χ3n) is 1.17. The molecule has 0 amide bonds. The van der Waals surface area contributed by atoms with Crippen molar-refractivity contribution in [3.05, 3.63) is 27.3 Å². The van der Waals surface area contributed by atoms with Gasteiger partial charge in [0.2, 0.25) is 0 Å². The Morgan fingerprint density at radius 2 is 2.18 bits per heavy atom. The molecule has 0 fully saturated rings. The van der Waals surface area contributed by atoms with Crippen molar-refractivity contribution in [1.29, 1.82) is 0 Å². The second kappa shape index (κ2) is 2.96. The maximum Gasteiger partial charge on any atom is 0.149 e. The highest BCUT2D eigenvalue weighted by Gasteiger charge is 2.06. The molecule has 0 heterocycles. The van der Waals surface area contributed by atoms with E-state index >= 15 is 0 Å². The molecule has 0 atom stereocenters. The summed E-state index contributed by atoms with van der Waals surface area (Å²) in [6.45, 7) is 0. The van der Waals surface area contributed by atoms with Crippen LogP contribution in [0.4, 0.5) is 15.8 Å². The topological polar surface area (TPSA) is 55.4 Å². The molecule has 5 heteroatoms. The maximum atomic E-state index is 12.7. The smallest absolute Gasteiger partial charge is 0.149 e. The lowest BCUT2D eigenvalue weighted by Gasteiger charge is -1.98. The number of nitroso groups, excluding NO2 is 1. The summed E-state index contributed by atoms with van der Waals surface area (Å²) >= 11 is 2.99. The lowest BCUT2D eigenvalue weighted by Crippen LogP contribution is -1.90. The molecule has 58 valence electrons. The Bertz CT molecular complexity index is 303. The first-order chi connectivity index (χ1) is 5.15. The molecule has 0 aromatic heterocycles. The van der Waals surface area contributed by atoms with Crippen LogP contribution < -0.4 is 5.73 Å². The van der Waals surface area contributed by atoms with Gasteiger partial charge in [0.1, 0.15) is 11.5 Å². The van der Waals surface area contributed by atoms with E-state index in [1.54, 1.807) is 0 Å². The van der Waals surface area contributed by atoms with Gasteiger partial charge in [-0.25, -0.2) is 4.39 Å². The number of hydrogen-bond acceptors (Lipinski definition) is 3. The second-order valence-electron chi connectivity index (χ2n) is 1.91. The number of nitrogens with zero attached hydrogens (tertiary/aromatic N) is 1. The summed E-state index contributed by atoms with van der Waals surface area (Å²) in [5.74, 6) is -0.644. The van der Waals surface area contributed by atoms with Gasteiger partial charge in [0, 0.05) is 4.47 Å². The van der Waals surface area contributed by atoms with E-state index in [2.05, 4.69) is 21.1 Å². The fourth-order valence-electron chi connectivity index (χ4n) is 0.647.